The van der Waals surface area contributed by atoms with Gasteiger partial charge in [-0.3, -0.25) is 0 Å². The Morgan fingerprint density at radius 2 is 1.65 bits per heavy atom. The van der Waals surface area contributed by atoms with E-state index in [-0.39, 0.29) is 5.44 Å². The van der Waals surface area contributed by atoms with E-state index in [1.807, 2.05) is 11.8 Å². The van der Waals surface area contributed by atoms with Crippen molar-refractivity contribution in [3.63, 3.8) is 0 Å². The lowest BCUT2D eigenvalue weighted by atomic mass is 9.94. The summed E-state index contributed by atoms with van der Waals surface area (Å²) in [5.41, 5.74) is 2.89. The first kappa shape index (κ1) is 16.4. The molecule has 0 bridgehead atoms. The summed E-state index contributed by atoms with van der Waals surface area (Å²) < 4.78 is 6.17. The largest absolute Gasteiger partial charge is 0.367 e. The zero-order chi connectivity index (χ0) is 16.1. The molecule has 0 radical (unpaired) electrons. The lowest BCUT2D eigenvalue weighted by molar-refractivity contribution is 0.0831. The molecule has 1 aliphatic heterocycles. The van der Waals surface area contributed by atoms with Gasteiger partial charge in [0.1, 0.15) is 5.44 Å². The molecular weight excluding hydrogens is 300 g/mol. The molecule has 1 heterocycles. The van der Waals surface area contributed by atoms with Crippen LogP contribution in [0, 0.1) is 5.92 Å². The van der Waals surface area contributed by atoms with Crippen LogP contribution in [0.4, 0.5) is 0 Å². The second kappa shape index (κ2) is 7.85. The van der Waals surface area contributed by atoms with E-state index in [1.165, 1.54) is 16.0 Å². The Kier molecular flexibility index (Phi) is 5.58. The summed E-state index contributed by atoms with van der Waals surface area (Å²) in [4.78, 5) is 1.33. The number of hydrogen-bond acceptors (Lipinski definition) is 2. The molecule has 1 aliphatic rings. The van der Waals surface area contributed by atoms with Crippen molar-refractivity contribution in [2.24, 2.45) is 5.92 Å². The van der Waals surface area contributed by atoms with Crippen molar-refractivity contribution in [3.8, 4) is 0 Å². The van der Waals surface area contributed by atoms with Crippen LogP contribution in [0.5, 0.6) is 0 Å². The van der Waals surface area contributed by atoms with Crippen LogP contribution in [0.25, 0.3) is 4.91 Å². The van der Waals surface area contributed by atoms with E-state index >= 15 is 0 Å². The van der Waals surface area contributed by atoms with E-state index in [9.17, 15) is 0 Å². The van der Waals surface area contributed by atoms with E-state index in [0.29, 0.717) is 11.8 Å². The highest BCUT2D eigenvalue weighted by Gasteiger charge is 2.25. The number of benzene rings is 2. The fourth-order valence-corrected chi connectivity index (χ4v) is 4.04. The standard InChI is InChI=1S/C21H24OS/c1-16(2)15-22-21-14-19(17-9-5-3-6-10-17)13-20(23-21)18-11-7-4-8-12-18/h3-13,16,19,21H,14-15H2,1-2H3. The summed E-state index contributed by atoms with van der Waals surface area (Å²) in [6.45, 7) is 5.23. The molecule has 2 unspecified atom stereocenters. The third-order valence-corrected chi connectivity index (χ3v) is 5.18. The van der Waals surface area contributed by atoms with Gasteiger partial charge < -0.3 is 4.74 Å². The quantitative estimate of drug-likeness (QED) is 0.672. The molecule has 0 saturated carbocycles. The average molecular weight is 324 g/mol. The Morgan fingerprint density at radius 1 is 1.00 bits per heavy atom. The first-order valence-electron chi connectivity index (χ1n) is 8.33. The topological polar surface area (TPSA) is 9.23 Å². The summed E-state index contributed by atoms with van der Waals surface area (Å²) >= 11 is 1.86. The van der Waals surface area contributed by atoms with Gasteiger partial charge >= 0.3 is 0 Å². The number of hydrogen-bond donors (Lipinski definition) is 0. The molecule has 0 saturated heterocycles. The number of rotatable bonds is 5. The van der Waals surface area contributed by atoms with Crippen molar-refractivity contribution in [3.05, 3.63) is 77.9 Å². The highest BCUT2D eigenvalue weighted by molar-refractivity contribution is 8.08. The van der Waals surface area contributed by atoms with Gasteiger partial charge in [-0.05, 0) is 23.5 Å². The molecule has 1 nitrogen and oxygen atoms in total. The van der Waals surface area contributed by atoms with Gasteiger partial charge in [0, 0.05) is 10.8 Å². The number of allylic oxidation sites excluding steroid dienone is 1. The van der Waals surface area contributed by atoms with Crippen molar-refractivity contribution in [1.82, 2.24) is 0 Å². The van der Waals surface area contributed by atoms with Crippen LogP contribution >= 0.6 is 11.8 Å². The molecule has 0 N–H and O–H groups in total. The van der Waals surface area contributed by atoms with Crippen molar-refractivity contribution in [1.29, 1.82) is 0 Å². The van der Waals surface area contributed by atoms with Gasteiger partial charge in [-0.1, -0.05) is 92.3 Å². The SMILES string of the molecule is CC(C)COC1CC(c2ccccc2)C=C(c2ccccc2)S1. The fourth-order valence-electron chi connectivity index (χ4n) is 2.79. The molecule has 0 amide bonds. The van der Waals surface area contributed by atoms with Crippen LogP contribution in [0.3, 0.4) is 0 Å². The van der Waals surface area contributed by atoms with Gasteiger partial charge in [0.2, 0.25) is 0 Å². The van der Waals surface area contributed by atoms with Crippen LogP contribution < -0.4 is 0 Å². The van der Waals surface area contributed by atoms with Crippen LogP contribution in [-0.2, 0) is 4.74 Å². The summed E-state index contributed by atoms with van der Waals surface area (Å²) in [5.74, 6) is 0.988. The third-order valence-electron chi connectivity index (χ3n) is 3.96. The summed E-state index contributed by atoms with van der Waals surface area (Å²) in [5, 5.41) is 0. The minimum atomic E-state index is 0.225. The summed E-state index contributed by atoms with van der Waals surface area (Å²) in [6.07, 6.45) is 3.45. The smallest absolute Gasteiger partial charge is 0.108 e. The first-order chi connectivity index (χ1) is 11.2. The van der Waals surface area contributed by atoms with Crippen molar-refractivity contribution in [2.45, 2.75) is 31.6 Å². The molecule has 0 spiro atoms. The molecule has 0 aromatic heterocycles. The molecule has 2 aromatic rings. The Labute approximate surface area is 143 Å². The van der Waals surface area contributed by atoms with Crippen LogP contribution in [0.15, 0.2) is 66.7 Å². The van der Waals surface area contributed by atoms with Gasteiger partial charge in [-0.15, -0.1) is 0 Å². The average Bonchev–Trinajstić information content (AvgIpc) is 2.61. The molecular formula is C21H24OS. The molecule has 2 heteroatoms. The second-order valence-electron chi connectivity index (χ2n) is 6.42. The fraction of sp³-hybridized carbons (Fsp3) is 0.333. The monoisotopic (exact) mass is 324 g/mol. The van der Waals surface area contributed by atoms with Crippen molar-refractivity contribution >= 4 is 16.7 Å². The minimum Gasteiger partial charge on any atom is -0.367 e. The Bertz CT molecular complexity index is 633. The number of thioether (sulfide) groups is 1. The first-order valence-corrected chi connectivity index (χ1v) is 9.21. The molecule has 120 valence electrons. The third kappa shape index (κ3) is 4.49. The van der Waals surface area contributed by atoms with E-state index < -0.39 is 0 Å². The second-order valence-corrected chi connectivity index (χ2v) is 7.63. The predicted octanol–water partition coefficient (Wildman–Crippen LogP) is 5.95. The number of ether oxygens (including phenoxy) is 1. The Morgan fingerprint density at radius 3 is 2.30 bits per heavy atom. The molecule has 0 aliphatic carbocycles. The Hall–Kier alpha value is -1.51. The normalized spacial score (nSPS) is 21.3. The van der Waals surface area contributed by atoms with Gasteiger partial charge in [-0.25, -0.2) is 0 Å². The van der Waals surface area contributed by atoms with Gasteiger partial charge in [0.25, 0.3) is 0 Å². The maximum absolute atomic E-state index is 6.17. The van der Waals surface area contributed by atoms with Gasteiger partial charge in [-0.2, -0.15) is 0 Å². The summed E-state index contributed by atoms with van der Waals surface area (Å²) in [6, 6.07) is 21.4. The zero-order valence-corrected chi connectivity index (χ0v) is 14.6. The highest BCUT2D eigenvalue weighted by Crippen LogP contribution is 2.43. The molecule has 2 aromatic carbocycles. The van der Waals surface area contributed by atoms with E-state index in [4.69, 9.17) is 4.74 Å². The van der Waals surface area contributed by atoms with Crippen molar-refractivity contribution < 1.29 is 4.74 Å². The Balaban J connectivity index is 1.85. The lowest BCUT2D eigenvalue weighted by Crippen LogP contribution is -2.19. The molecule has 3 rings (SSSR count). The van der Waals surface area contributed by atoms with Crippen molar-refractivity contribution in [2.75, 3.05) is 6.61 Å². The minimum absolute atomic E-state index is 0.225. The highest BCUT2D eigenvalue weighted by atomic mass is 32.2. The van der Waals surface area contributed by atoms with Gasteiger partial charge in [0.05, 0.1) is 6.61 Å². The summed E-state index contributed by atoms with van der Waals surface area (Å²) in [7, 11) is 0. The van der Waals surface area contributed by atoms with Gasteiger partial charge in [0.15, 0.2) is 0 Å². The predicted molar refractivity (Wildman–Crippen MR) is 100 cm³/mol. The zero-order valence-electron chi connectivity index (χ0n) is 13.8. The molecule has 2 atom stereocenters. The van der Waals surface area contributed by atoms with E-state index in [1.54, 1.807) is 0 Å². The molecule has 0 fully saturated rings. The van der Waals surface area contributed by atoms with Crippen LogP contribution in [0.2, 0.25) is 0 Å². The van der Waals surface area contributed by atoms with Crippen LogP contribution in [-0.4, -0.2) is 12.0 Å². The van der Waals surface area contributed by atoms with E-state index in [0.717, 1.165) is 13.0 Å². The maximum Gasteiger partial charge on any atom is 0.108 e. The van der Waals surface area contributed by atoms with E-state index in [2.05, 4.69) is 80.6 Å². The van der Waals surface area contributed by atoms with Crippen LogP contribution in [0.1, 0.15) is 37.3 Å². The maximum atomic E-state index is 6.17. The lowest BCUT2D eigenvalue weighted by Gasteiger charge is -2.29. The molecule has 23 heavy (non-hydrogen) atoms.